The van der Waals surface area contributed by atoms with Crippen LogP contribution in [0.4, 0.5) is 0 Å². The van der Waals surface area contributed by atoms with Crippen LogP contribution < -0.4 is 0 Å². The smallest absolute Gasteiger partial charge is 0.110 e. The Labute approximate surface area is 123 Å². The van der Waals surface area contributed by atoms with Gasteiger partial charge in [0.1, 0.15) is 5.01 Å². The van der Waals surface area contributed by atoms with Crippen molar-refractivity contribution in [3.8, 4) is 0 Å². The SMILES string of the molecule is CCC(c1nc(CCl)cs1)N(C)Cc1ccncc1. The van der Waals surface area contributed by atoms with E-state index in [1.165, 1.54) is 5.56 Å². The Bertz CT molecular complexity index is 500. The molecule has 0 aliphatic rings. The lowest BCUT2D eigenvalue weighted by Gasteiger charge is -2.25. The highest BCUT2D eigenvalue weighted by atomic mass is 35.5. The molecule has 2 aromatic heterocycles. The number of hydrogen-bond donors (Lipinski definition) is 0. The minimum absolute atomic E-state index is 0.343. The van der Waals surface area contributed by atoms with Crippen LogP contribution in [0, 0.1) is 0 Å². The second-order valence-electron chi connectivity index (χ2n) is 4.51. The van der Waals surface area contributed by atoms with Crippen molar-refractivity contribution in [1.82, 2.24) is 14.9 Å². The summed E-state index contributed by atoms with van der Waals surface area (Å²) in [4.78, 5) is 11.0. The second-order valence-corrected chi connectivity index (χ2v) is 5.66. The van der Waals surface area contributed by atoms with Crippen LogP contribution in [0.25, 0.3) is 0 Å². The van der Waals surface area contributed by atoms with Gasteiger partial charge in [-0.25, -0.2) is 4.98 Å². The monoisotopic (exact) mass is 295 g/mol. The van der Waals surface area contributed by atoms with Crippen LogP contribution in [0.2, 0.25) is 0 Å². The van der Waals surface area contributed by atoms with Gasteiger partial charge in [-0.15, -0.1) is 22.9 Å². The number of alkyl halides is 1. The first-order valence-corrected chi connectivity index (χ1v) is 7.75. The van der Waals surface area contributed by atoms with Gasteiger partial charge in [-0.05, 0) is 31.2 Å². The molecule has 2 aromatic rings. The summed E-state index contributed by atoms with van der Waals surface area (Å²) in [5.74, 6) is 0.487. The molecule has 0 aliphatic carbocycles. The Balaban J connectivity index is 2.08. The lowest BCUT2D eigenvalue weighted by molar-refractivity contribution is 0.229. The molecule has 0 N–H and O–H groups in total. The van der Waals surface area contributed by atoms with Gasteiger partial charge in [0.05, 0.1) is 17.6 Å². The fourth-order valence-corrected chi connectivity index (χ4v) is 3.39. The molecule has 0 radical (unpaired) electrons. The molecule has 0 spiro atoms. The van der Waals surface area contributed by atoms with E-state index in [0.717, 1.165) is 23.7 Å². The minimum Gasteiger partial charge on any atom is -0.293 e. The second kappa shape index (κ2) is 6.98. The third-order valence-electron chi connectivity index (χ3n) is 3.09. The van der Waals surface area contributed by atoms with Crippen LogP contribution in [-0.4, -0.2) is 21.9 Å². The highest BCUT2D eigenvalue weighted by Gasteiger charge is 2.18. The molecule has 0 bridgehead atoms. The maximum absolute atomic E-state index is 5.82. The first-order chi connectivity index (χ1) is 9.24. The number of aromatic nitrogens is 2. The molecule has 0 saturated carbocycles. The first-order valence-electron chi connectivity index (χ1n) is 6.34. The van der Waals surface area contributed by atoms with E-state index >= 15 is 0 Å². The average Bonchev–Trinajstić information content (AvgIpc) is 2.89. The van der Waals surface area contributed by atoms with Crippen molar-refractivity contribution in [2.45, 2.75) is 31.8 Å². The molecule has 19 heavy (non-hydrogen) atoms. The zero-order valence-corrected chi connectivity index (χ0v) is 12.8. The van der Waals surface area contributed by atoms with E-state index in [1.54, 1.807) is 11.3 Å². The van der Waals surface area contributed by atoms with Gasteiger partial charge < -0.3 is 0 Å². The van der Waals surface area contributed by atoms with Gasteiger partial charge in [-0.2, -0.15) is 0 Å². The zero-order chi connectivity index (χ0) is 13.7. The van der Waals surface area contributed by atoms with Crippen molar-refractivity contribution in [1.29, 1.82) is 0 Å². The highest BCUT2D eigenvalue weighted by molar-refractivity contribution is 7.09. The topological polar surface area (TPSA) is 29.0 Å². The van der Waals surface area contributed by atoms with Crippen molar-refractivity contribution in [3.05, 3.63) is 46.2 Å². The standard InChI is InChI=1S/C14H18ClN3S/c1-3-13(14-17-12(8-15)10-19-14)18(2)9-11-4-6-16-7-5-11/h4-7,10,13H,3,8-9H2,1-2H3. The summed E-state index contributed by atoms with van der Waals surface area (Å²) < 4.78 is 0. The predicted octanol–water partition coefficient (Wildman–Crippen LogP) is 3.86. The van der Waals surface area contributed by atoms with E-state index in [-0.39, 0.29) is 0 Å². The van der Waals surface area contributed by atoms with Gasteiger partial charge in [0.25, 0.3) is 0 Å². The van der Waals surface area contributed by atoms with Crippen LogP contribution >= 0.6 is 22.9 Å². The zero-order valence-electron chi connectivity index (χ0n) is 11.2. The molecule has 3 nitrogen and oxygen atoms in total. The quantitative estimate of drug-likeness (QED) is 0.758. The van der Waals surface area contributed by atoms with E-state index in [9.17, 15) is 0 Å². The van der Waals surface area contributed by atoms with Crippen molar-refractivity contribution in [2.75, 3.05) is 7.05 Å². The van der Waals surface area contributed by atoms with Crippen LogP contribution in [0.15, 0.2) is 29.9 Å². The summed E-state index contributed by atoms with van der Waals surface area (Å²) >= 11 is 7.52. The predicted molar refractivity (Wildman–Crippen MR) is 80.4 cm³/mol. The maximum Gasteiger partial charge on any atom is 0.110 e. The van der Waals surface area contributed by atoms with Gasteiger partial charge in [0.2, 0.25) is 0 Å². The van der Waals surface area contributed by atoms with E-state index in [0.29, 0.717) is 11.9 Å². The fraction of sp³-hybridized carbons (Fsp3) is 0.429. The van der Waals surface area contributed by atoms with E-state index in [1.807, 2.05) is 17.8 Å². The molecule has 0 amide bonds. The van der Waals surface area contributed by atoms with Crippen molar-refractivity contribution >= 4 is 22.9 Å². The Hall–Kier alpha value is -0.970. The van der Waals surface area contributed by atoms with Crippen LogP contribution in [0.5, 0.6) is 0 Å². The summed E-state index contributed by atoms with van der Waals surface area (Å²) in [5, 5.41) is 3.19. The largest absolute Gasteiger partial charge is 0.293 e. The van der Waals surface area contributed by atoms with Crippen molar-refractivity contribution < 1.29 is 0 Å². The third kappa shape index (κ3) is 3.75. The van der Waals surface area contributed by atoms with Crippen LogP contribution in [0.3, 0.4) is 0 Å². The van der Waals surface area contributed by atoms with Gasteiger partial charge in [0, 0.05) is 24.3 Å². The van der Waals surface area contributed by atoms with Crippen LogP contribution in [-0.2, 0) is 12.4 Å². The summed E-state index contributed by atoms with van der Waals surface area (Å²) in [6.45, 7) is 3.09. The summed E-state index contributed by atoms with van der Waals surface area (Å²) in [7, 11) is 2.14. The Morgan fingerprint density at radius 1 is 1.37 bits per heavy atom. The lowest BCUT2D eigenvalue weighted by atomic mass is 10.2. The highest BCUT2D eigenvalue weighted by Crippen LogP contribution is 2.27. The van der Waals surface area contributed by atoms with E-state index in [4.69, 9.17) is 11.6 Å². The number of hydrogen-bond acceptors (Lipinski definition) is 4. The van der Waals surface area contributed by atoms with Crippen LogP contribution in [0.1, 0.15) is 35.7 Å². The van der Waals surface area contributed by atoms with Crippen molar-refractivity contribution in [2.24, 2.45) is 0 Å². The number of nitrogens with zero attached hydrogens (tertiary/aromatic N) is 3. The number of pyridine rings is 1. The Kier molecular flexibility index (Phi) is 5.31. The van der Waals surface area contributed by atoms with E-state index in [2.05, 4.69) is 41.0 Å². The molecule has 1 atom stereocenters. The first kappa shape index (κ1) is 14.4. The average molecular weight is 296 g/mol. The van der Waals surface area contributed by atoms with Gasteiger partial charge >= 0.3 is 0 Å². The van der Waals surface area contributed by atoms with Gasteiger partial charge in [-0.3, -0.25) is 9.88 Å². The molecule has 0 fully saturated rings. The van der Waals surface area contributed by atoms with Gasteiger partial charge in [0.15, 0.2) is 0 Å². The summed E-state index contributed by atoms with van der Waals surface area (Å²) in [5.41, 5.74) is 2.24. The maximum atomic E-state index is 5.82. The number of rotatable bonds is 6. The molecule has 0 aromatic carbocycles. The molecular formula is C14H18ClN3S. The molecule has 102 valence electrons. The summed E-state index contributed by atoms with van der Waals surface area (Å²) in [6, 6.07) is 4.44. The molecule has 2 rings (SSSR count). The fourth-order valence-electron chi connectivity index (χ4n) is 2.10. The molecule has 0 saturated heterocycles. The summed E-state index contributed by atoms with van der Waals surface area (Å²) in [6.07, 6.45) is 4.70. The van der Waals surface area contributed by atoms with Gasteiger partial charge in [-0.1, -0.05) is 6.92 Å². The molecular weight excluding hydrogens is 278 g/mol. The normalized spacial score (nSPS) is 12.8. The van der Waals surface area contributed by atoms with Crippen molar-refractivity contribution in [3.63, 3.8) is 0 Å². The Morgan fingerprint density at radius 3 is 2.68 bits per heavy atom. The molecule has 0 aliphatic heterocycles. The lowest BCUT2D eigenvalue weighted by Crippen LogP contribution is -2.23. The molecule has 5 heteroatoms. The number of halogens is 1. The molecule has 1 unspecified atom stereocenters. The third-order valence-corrected chi connectivity index (χ3v) is 4.36. The van der Waals surface area contributed by atoms with E-state index < -0.39 is 0 Å². The Morgan fingerprint density at radius 2 is 2.11 bits per heavy atom. The molecule has 2 heterocycles. The number of thiazole rings is 1. The minimum atomic E-state index is 0.343.